The van der Waals surface area contributed by atoms with Gasteiger partial charge in [0.15, 0.2) is 0 Å². The summed E-state index contributed by atoms with van der Waals surface area (Å²) < 4.78 is 11.9. The van der Waals surface area contributed by atoms with Crippen LogP contribution in [0.5, 0.6) is 0 Å². The smallest absolute Gasteiger partial charge is 0.145 e. The first kappa shape index (κ1) is 28.0. The summed E-state index contributed by atoms with van der Waals surface area (Å²) in [5.74, 6) is 0. The molecule has 0 N–H and O–H groups in total. The van der Waals surface area contributed by atoms with E-state index in [9.17, 15) is 0 Å². The summed E-state index contributed by atoms with van der Waals surface area (Å²) >= 11 is 0. The van der Waals surface area contributed by atoms with Gasteiger partial charge < -0.3 is 13.6 Å². The summed E-state index contributed by atoms with van der Waals surface area (Å²) in [6.07, 6.45) is 0. The average molecular weight is 651 g/mol. The van der Waals surface area contributed by atoms with Crippen molar-refractivity contribution < 1.29 is 4.42 Å². The van der Waals surface area contributed by atoms with E-state index in [4.69, 9.17) is 4.42 Å². The fourth-order valence-electron chi connectivity index (χ4n) is 8.26. The number of para-hydroxylation sites is 2. The predicted molar refractivity (Wildman–Crippen MR) is 213 cm³/mol. The number of fused-ring (bicyclic) bond motifs is 11. The van der Waals surface area contributed by atoms with Crippen LogP contribution in [0.25, 0.3) is 99.2 Å². The number of furan rings is 1. The minimum absolute atomic E-state index is 0.923. The van der Waals surface area contributed by atoms with Crippen molar-refractivity contribution in [1.29, 1.82) is 0 Å². The highest BCUT2D eigenvalue weighted by molar-refractivity contribution is 6.29. The van der Waals surface area contributed by atoms with Gasteiger partial charge in [0, 0.05) is 32.9 Å². The lowest BCUT2D eigenvalue weighted by Crippen LogP contribution is -1.94. The first-order chi connectivity index (χ1) is 25.3. The molecule has 3 heteroatoms. The van der Waals surface area contributed by atoms with E-state index in [0.717, 1.165) is 66.2 Å². The fraction of sp³-hybridized carbons (Fsp3) is 0. The first-order valence-corrected chi connectivity index (χ1v) is 17.4. The maximum atomic E-state index is 7.15. The van der Waals surface area contributed by atoms with Crippen molar-refractivity contribution in [2.45, 2.75) is 0 Å². The predicted octanol–water partition coefficient (Wildman–Crippen LogP) is 13.1. The summed E-state index contributed by atoms with van der Waals surface area (Å²) in [5.41, 5.74) is 13.5. The van der Waals surface area contributed by atoms with E-state index in [2.05, 4.69) is 191 Å². The second-order valence-corrected chi connectivity index (χ2v) is 13.3. The van der Waals surface area contributed by atoms with Crippen LogP contribution < -0.4 is 0 Å². The maximum Gasteiger partial charge on any atom is 0.145 e. The molecule has 11 rings (SSSR count). The molecule has 0 aliphatic rings. The summed E-state index contributed by atoms with van der Waals surface area (Å²) in [7, 11) is 0. The van der Waals surface area contributed by atoms with Crippen LogP contribution >= 0.6 is 0 Å². The highest BCUT2D eigenvalue weighted by Crippen LogP contribution is 2.45. The SMILES string of the molecule is c1ccc(-c2cccc(-n3c4ccccc4c4c5oc6c(ccc7c6c6ccccc6n7-c6cccc(-c7ccccc7)c6)c5ccc43)c2)cc1. The Morgan fingerprint density at radius 2 is 0.706 bits per heavy atom. The highest BCUT2D eigenvalue weighted by atomic mass is 16.3. The molecule has 0 aliphatic carbocycles. The van der Waals surface area contributed by atoms with Gasteiger partial charge in [-0.3, -0.25) is 0 Å². The molecular formula is C48H30N2O. The second kappa shape index (κ2) is 10.8. The van der Waals surface area contributed by atoms with Crippen LogP contribution in [0.4, 0.5) is 0 Å². The van der Waals surface area contributed by atoms with Gasteiger partial charge in [-0.2, -0.15) is 0 Å². The number of hydrogen-bond acceptors (Lipinski definition) is 1. The van der Waals surface area contributed by atoms with E-state index in [1.54, 1.807) is 0 Å². The zero-order valence-corrected chi connectivity index (χ0v) is 27.6. The summed E-state index contributed by atoms with van der Waals surface area (Å²) in [5, 5.41) is 6.89. The molecule has 0 atom stereocenters. The van der Waals surface area contributed by atoms with Crippen molar-refractivity contribution in [3.8, 4) is 33.6 Å². The topological polar surface area (TPSA) is 23.0 Å². The molecule has 0 spiro atoms. The Morgan fingerprint density at radius 1 is 0.294 bits per heavy atom. The normalized spacial score (nSPS) is 11.9. The van der Waals surface area contributed by atoms with Crippen molar-refractivity contribution >= 4 is 65.6 Å². The molecule has 51 heavy (non-hydrogen) atoms. The van der Waals surface area contributed by atoms with Crippen LogP contribution in [0.2, 0.25) is 0 Å². The molecular weight excluding hydrogens is 621 g/mol. The number of benzene rings is 8. The molecule has 8 aromatic carbocycles. The fourth-order valence-corrected chi connectivity index (χ4v) is 8.26. The van der Waals surface area contributed by atoms with Crippen molar-refractivity contribution in [3.63, 3.8) is 0 Å². The Labute approximate surface area is 293 Å². The van der Waals surface area contributed by atoms with Gasteiger partial charge in [-0.25, -0.2) is 0 Å². The van der Waals surface area contributed by atoms with E-state index in [1.165, 1.54) is 33.0 Å². The molecule has 0 radical (unpaired) electrons. The third-order valence-electron chi connectivity index (χ3n) is 10.5. The minimum Gasteiger partial charge on any atom is -0.455 e. The molecule has 3 nitrogen and oxygen atoms in total. The lowest BCUT2D eigenvalue weighted by Gasteiger charge is -2.10. The highest BCUT2D eigenvalue weighted by Gasteiger charge is 2.22. The molecule has 0 unspecified atom stereocenters. The molecule has 11 aromatic rings. The lowest BCUT2D eigenvalue weighted by molar-refractivity contribution is 0.677. The van der Waals surface area contributed by atoms with Gasteiger partial charge >= 0.3 is 0 Å². The third-order valence-corrected chi connectivity index (χ3v) is 10.5. The van der Waals surface area contributed by atoms with Gasteiger partial charge in [0.1, 0.15) is 11.2 Å². The monoisotopic (exact) mass is 650 g/mol. The van der Waals surface area contributed by atoms with E-state index in [1.807, 2.05) is 0 Å². The van der Waals surface area contributed by atoms with Gasteiger partial charge in [0.2, 0.25) is 0 Å². The zero-order valence-electron chi connectivity index (χ0n) is 27.6. The van der Waals surface area contributed by atoms with Crippen molar-refractivity contribution in [2.24, 2.45) is 0 Å². The molecule has 0 amide bonds. The minimum atomic E-state index is 0.923. The molecule has 3 aromatic heterocycles. The van der Waals surface area contributed by atoms with Gasteiger partial charge in [0.25, 0.3) is 0 Å². The van der Waals surface area contributed by atoms with Crippen LogP contribution in [0.3, 0.4) is 0 Å². The Kier molecular flexibility index (Phi) is 5.96. The van der Waals surface area contributed by atoms with Gasteiger partial charge in [-0.15, -0.1) is 0 Å². The van der Waals surface area contributed by atoms with E-state index in [-0.39, 0.29) is 0 Å². The van der Waals surface area contributed by atoms with Crippen LogP contribution in [0.15, 0.2) is 186 Å². The van der Waals surface area contributed by atoms with Gasteiger partial charge in [-0.05, 0) is 82.9 Å². The van der Waals surface area contributed by atoms with E-state index in [0.29, 0.717) is 0 Å². The standard InChI is InChI=1S/C48H30N2O/c1-3-13-31(14-4-1)33-17-11-19-35(29-33)49-41-23-9-7-21-39(41)45-43(49)27-25-37-38-26-28-44-46(48(38)51-47(37)45)40-22-8-10-24-42(40)50(44)36-20-12-18-34(30-36)32-15-5-2-6-16-32/h1-30H. The Bertz CT molecular complexity index is 2910. The number of aromatic nitrogens is 2. The molecule has 238 valence electrons. The molecule has 0 bridgehead atoms. The van der Waals surface area contributed by atoms with Crippen molar-refractivity contribution in [3.05, 3.63) is 182 Å². The molecule has 0 saturated carbocycles. The lowest BCUT2D eigenvalue weighted by atomic mass is 10.0. The van der Waals surface area contributed by atoms with Crippen LogP contribution in [0.1, 0.15) is 0 Å². The number of nitrogens with zero attached hydrogens (tertiary/aromatic N) is 2. The average Bonchev–Trinajstić information content (AvgIpc) is 3.86. The summed E-state index contributed by atoms with van der Waals surface area (Å²) in [6.45, 7) is 0. The van der Waals surface area contributed by atoms with Crippen LogP contribution in [-0.2, 0) is 0 Å². The van der Waals surface area contributed by atoms with E-state index < -0.39 is 0 Å². The first-order valence-electron chi connectivity index (χ1n) is 17.4. The zero-order chi connectivity index (χ0) is 33.5. The number of hydrogen-bond donors (Lipinski definition) is 0. The Morgan fingerprint density at radius 3 is 1.18 bits per heavy atom. The summed E-state index contributed by atoms with van der Waals surface area (Å²) in [6, 6.07) is 65.2. The Balaban J connectivity index is 1.19. The second-order valence-electron chi connectivity index (χ2n) is 13.3. The molecule has 0 aliphatic heterocycles. The molecule has 0 fully saturated rings. The van der Waals surface area contributed by atoms with Crippen LogP contribution in [-0.4, -0.2) is 9.13 Å². The molecule has 3 heterocycles. The van der Waals surface area contributed by atoms with Crippen LogP contribution in [0, 0.1) is 0 Å². The Hall–Kier alpha value is -6.84. The largest absolute Gasteiger partial charge is 0.455 e. The van der Waals surface area contributed by atoms with Crippen molar-refractivity contribution in [2.75, 3.05) is 0 Å². The summed E-state index contributed by atoms with van der Waals surface area (Å²) in [4.78, 5) is 0. The quantitative estimate of drug-likeness (QED) is 0.186. The van der Waals surface area contributed by atoms with Gasteiger partial charge in [0.05, 0.1) is 32.8 Å². The maximum absolute atomic E-state index is 7.15. The molecule has 0 saturated heterocycles. The third kappa shape index (κ3) is 4.12. The van der Waals surface area contributed by atoms with Crippen molar-refractivity contribution in [1.82, 2.24) is 9.13 Å². The van der Waals surface area contributed by atoms with Gasteiger partial charge in [-0.1, -0.05) is 121 Å². The number of rotatable bonds is 4. The van der Waals surface area contributed by atoms with E-state index >= 15 is 0 Å².